The minimum atomic E-state index is -3.13. The van der Waals surface area contributed by atoms with Crippen molar-refractivity contribution >= 4 is 31.8 Å². The van der Waals surface area contributed by atoms with Gasteiger partial charge in [-0.3, -0.25) is 4.79 Å². The minimum Gasteiger partial charge on any atom is -0.272 e. The molecule has 0 saturated carbocycles. The van der Waals surface area contributed by atoms with Crippen molar-refractivity contribution in [1.29, 1.82) is 0 Å². The minimum absolute atomic E-state index is 0.278. The first-order valence-electron chi connectivity index (χ1n) is 5.64. The van der Waals surface area contributed by atoms with Crippen LogP contribution in [0.2, 0.25) is 0 Å². The monoisotopic (exact) mass is 332 g/mol. The molecule has 0 aliphatic heterocycles. The Morgan fingerprint density at radius 1 is 1.50 bits per heavy atom. The molecule has 0 radical (unpaired) electrons. The van der Waals surface area contributed by atoms with Crippen LogP contribution in [0.1, 0.15) is 26.7 Å². The highest BCUT2D eigenvalue weighted by molar-refractivity contribution is 9.10. The number of amides is 1. The summed E-state index contributed by atoms with van der Waals surface area (Å²) in [6, 6.07) is 6.72. The van der Waals surface area contributed by atoms with E-state index in [1.54, 1.807) is 24.3 Å². The first-order chi connectivity index (χ1) is 8.31. The highest BCUT2D eigenvalue weighted by atomic mass is 79.9. The maximum atomic E-state index is 12.2. The molecular weight excluding hydrogens is 316 g/mol. The lowest BCUT2D eigenvalue weighted by molar-refractivity contribution is -0.117. The number of hydrogen-bond acceptors (Lipinski definition) is 2. The fraction of sp³-hybridized carbons (Fsp3) is 0.417. The highest BCUT2D eigenvalue weighted by Gasteiger charge is 2.10. The maximum Gasteiger partial charge on any atom is 0.255 e. The summed E-state index contributed by atoms with van der Waals surface area (Å²) >= 11 is 3.26. The van der Waals surface area contributed by atoms with Gasteiger partial charge in [-0.05, 0) is 30.5 Å². The predicted octanol–water partition coefficient (Wildman–Crippen LogP) is 3.11. The van der Waals surface area contributed by atoms with Gasteiger partial charge in [0.2, 0.25) is 0 Å². The van der Waals surface area contributed by atoms with Gasteiger partial charge in [-0.15, -0.1) is 4.36 Å². The highest BCUT2D eigenvalue weighted by Crippen LogP contribution is 2.16. The zero-order valence-corrected chi connectivity index (χ0v) is 12.8. The average molecular weight is 333 g/mol. The molecule has 0 aromatic heterocycles. The summed E-state index contributed by atoms with van der Waals surface area (Å²) in [5, 5.41) is 5.63. The smallest absolute Gasteiger partial charge is 0.255 e. The molecule has 0 aliphatic rings. The van der Waals surface area contributed by atoms with Crippen molar-refractivity contribution in [3.63, 3.8) is 0 Å². The van der Waals surface area contributed by atoms with Gasteiger partial charge in [0.1, 0.15) is 9.92 Å². The first kappa shape index (κ1) is 15.3. The van der Waals surface area contributed by atoms with Gasteiger partial charge in [0.25, 0.3) is 5.91 Å². The van der Waals surface area contributed by atoms with E-state index in [2.05, 4.69) is 20.3 Å². The average Bonchev–Trinajstić information content (AvgIpc) is 2.26. The molecule has 4 nitrogen and oxygen atoms in total. The van der Waals surface area contributed by atoms with Gasteiger partial charge in [-0.25, -0.2) is 9.35 Å². The molecule has 1 aromatic carbocycles. The molecule has 0 heterocycles. The molecule has 1 rings (SSSR count). The Morgan fingerprint density at radius 2 is 2.17 bits per heavy atom. The SMILES string of the molecule is CC(C)CCC(=O)N=S(N)(=O)c1cccc(Br)c1. The van der Waals surface area contributed by atoms with Gasteiger partial charge >= 0.3 is 0 Å². The van der Waals surface area contributed by atoms with E-state index in [0.717, 1.165) is 10.9 Å². The van der Waals surface area contributed by atoms with E-state index in [1.807, 2.05) is 13.8 Å². The van der Waals surface area contributed by atoms with Crippen molar-refractivity contribution in [2.24, 2.45) is 15.4 Å². The van der Waals surface area contributed by atoms with Crippen molar-refractivity contribution < 1.29 is 9.00 Å². The molecule has 18 heavy (non-hydrogen) atoms. The van der Waals surface area contributed by atoms with Gasteiger partial charge in [0.05, 0.1) is 4.90 Å². The van der Waals surface area contributed by atoms with Gasteiger partial charge in [0, 0.05) is 10.9 Å². The van der Waals surface area contributed by atoms with E-state index in [1.165, 1.54) is 0 Å². The molecule has 1 aromatic rings. The van der Waals surface area contributed by atoms with E-state index < -0.39 is 15.8 Å². The van der Waals surface area contributed by atoms with E-state index >= 15 is 0 Å². The van der Waals surface area contributed by atoms with Gasteiger partial charge in [0.15, 0.2) is 0 Å². The molecule has 6 heteroatoms. The molecular formula is C12H17BrN2O2S. The molecule has 0 bridgehead atoms. The zero-order valence-electron chi connectivity index (χ0n) is 10.4. The van der Waals surface area contributed by atoms with Gasteiger partial charge in [-0.1, -0.05) is 35.8 Å². The quantitative estimate of drug-likeness (QED) is 0.919. The fourth-order valence-electron chi connectivity index (χ4n) is 1.31. The van der Waals surface area contributed by atoms with Crippen LogP contribution < -0.4 is 5.14 Å². The van der Waals surface area contributed by atoms with E-state index in [-0.39, 0.29) is 6.42 Å². The van der Waals surface area contributed by atoms with E-state index in [4.69, 9.17) is 5.14 Å². The second kappa shape index (κ2) is 6.45. The summed E-state index contributed by atoms with van der Waals surface area (Å²) in [5.41, 5.74) is 0. The molecule has 0 spiro atoms. The second-order valence-corrected chi connectivity index (χ2v) is 7.15. The second-order valence-electron chi connectivity index (χ2n) is 4.44. The molecule has 0 saturated heterocycles. The fourth-order valence-corrected chi connectivity index (χ4v) is 2.93. The number of nitrogens with zero attached hydrogens (tertiary/aromatic N) is 1. The summed E-state index contributed by atoms with van der Waals surface area (Å²) in [4.78, 5) is 11.9. The van der Waals surface area contributed by atoms with Gasteiger partial charge in [-0.2, -0.15) is 0 Å². The summed E-state index contributed by atoms with van der Waals surface area (Å²) in [7, 11) is -3.13. The van der Waals surface area contributed by atoms with Crippen LogP contribution in [0.3, 0.4) is 0 Å². The zero-order chi connectivity index (χ0) is 13.8. The third-order valence-electron chi connectivity index (χ3n) is 2.31. The van der Waals surface area contributed by atoms with Crippen molar-refractivity contribution in [2.45, 2.75) is 31.6 Å². The number of halogens is 1. The number of nitrogens with two attached hydrogens (primary N) is 1. The maximum absolute atomic E-state index is 12.2. The third-order valence-corrected chi connectivity index (χ3v) is 4.20. The number of rotatable bonds is 4. The van der Waals surface area contributed by atoms with Gasteiger partial charge < -0.3 is 0 Å². The van der Waals surface area contributed by atoms with Crippen LogP contribution in [0.4, 0.5) is 0 Å². The third kappa shape index (κ3) is 4.88. The topological polar surface area (TPSA) is 72.5 Å². The largest absolute Gasteiger partial charge is 0.272 e. The predicted molar refractivity (Wildman–Crippen MR) is 76.2 cm³/mol. The van der Waals surface area contributed by atoms with Crippen LogP contribution in [0, 0.1) is 5.92 Å². The van der Waals surface area contributed by atoms with E-state index in [9.17, 15) is 9.00 Å². The number of carbonyl (C=O) groups excluding carboxylic acids is 1. The Balaban J connectivity index is 2.92. The number of hydrogen-bond donors (Lipinski definition) is 1. The van der Waals surface area contributed by atoms with Crippen LogP contribution in [0.25, 0.3) is 0 Å². The Morgan fingerprint density at radius 3 is 2.72 bits per heavy atom. The van der Waals surface area contributed by atoms with E-state index in [0.29, 0.717) is 10.8 Å². The lowest BCUT2D eigenvalue weighted by Crippen LogP contribution is -2.15. The molecule has 1 unspecified atom stereocenters. The molecule has 1 amide bonds. The standard InChI is InChI=1S/C12H17BrN2O2S/c1-9(2)6-7-12(16)15-18(14,17)11-5-3-4-10(13)8-11/h3-5,8-9H,6-7H2,1-2H3,(H2,14,15,16,17). The Kier molecular flexibility index (Phi) is 5.49. The van der Waals surface area contributed by atoms with Crippen LogP contribution in [-0.4, -0.2) is 10.1 Å². The van der Waals surface area contributed by atoms with Crippen molar-refractivity contribution in [1.82, 2.24) is 0 Å². The lowest BCUT2D eigenvalue weighted by Gasteiger charge is -2.05. The molecule has 0 aliphatic carbocycles. The molecule has 2 N–H and O–H groups in total. The summed E-state index contributed by atoms with van der Waals surface area (Å²) in [6.45, 7) is 4.03. The molecule has 0 fully saturated rings. The van der Waals surface area contributed by atoms with Crippen molar-refractivity contribution in [2.75, 3.05) is 0 Å². The van der Waals surface area contributed by atoms with Crippen LogP contribution in [0.15, 0.2) is 38.0 Å². The Labute approximate surface area is 116 Å². The Bertz CT molecular complexity index is 549. The summed E-state index contributed by atoms with van der Waals surface area (Å²) in [5.74, 6) is 0.0000202. The van der Waals surface area contributed by atoms with Crippen LogP contribution in [-0.2, 0) is 14.7 Å². The molecule has 100 valence electrons. The van der Waals surface area contributed by atoms with Crippen molar-refractivity contribution in [3.05, 3.63) is 28.7 Å². The summed E-state index contributed by atoms with van der Waals surface area (Å²) < 4.78 is 16.6. The van der Waals surface area contributed by atoms with Crippen LogP contribution in [0.5, 0.6) is 0 Å². The van der Waals surface area contributed by atoms with Crippen LogP contribution >= 0.6 is 15.9 Å². The Hall–Kier alpha value is -0.720. The number of carbonyl (C=O) groups is 1. The number of benzene rings is 1. The van der Waals surface area contributed by atoms with Crippen molar-refractivity contribution in [3.8, 4) is 0 Å². The molecule has 1 atom stereocenters. The summed E-state index contributed by atoms with van der Waals surface area (Å²) in [6.07, 6.45) is 0.996. The first-order valence-corrected chi connectivity index (χ1v) is 8.01. The lowest BCUT2D eigenvalue weighted by atomic mass is 10.1. The normalized spacial score (nSPS) is 14.3.